The quantitative estimate of drug-likeness (QED) is 0.643. The third-order valence-corrected chi connectivity index (χ3v) is 3.95. The maximum absolute atomic E-state index is 9.22. The lowest BCUT2D eigenvalue weighted by Gasteiger charge is -2.52. The highest BCUT2D eigenvalue weighted by molar-refractivity contribution is 5.02. The zero-order valence-electron chi connectivity index (χ0n) is 11.8. The molecule has 1 rings (SSSR count). The van der Waals surface area contributed by atoms with E-state index in [-0.39, 0.29) is 11.5 Å². The van der Waals surface area contributed by atoms with Crippen LogP contribution in [0.2, 0.25) is 0 Å². The summed E-state index contributed by atoms with van der Waals surface area (Å²) in [6, 6.07) is 0.535. The average molecular weight is 243 g/mol. The predicted molar refractivity (Wildman–Crippen MR) is 71.1 cm³/mol. The van der Waals surface area contributed by atoms with Crippen LogP contribution >= 0.6 is 0 Å². The molecule has 0 aromatic carbocycles. The Morgan fingerprint density at radius 1 is 1.47 bits per heavy atom. The van der Waals surface area contributed by atoms with Crippen molar-refractivity contribution in [2.45, 2.75) is 71.6 Å². The van der Waals surface area contributed by atoms with Gasteiger partial charge in [0.25, 0.3) is 0 Å². The lowest BCUT2D eigenvalue weighted by atomic mass is 9.64. The van der Waals surface area contributed by atoms with Crippen LogP contribution in [0.5, 0.6) is 0 Å². The van der Waals surface area contributed by atoms with Crippen molar-refractivity contribution in [3.05, 3.63) is 0 Å². The first kappa shape index (κ1) is 14.9. The largest absolute Gasteiger partial charge is 0.393 e. The summed E-state index contributed by atoms with van der Waals surface area (Å²) >= 11 is 0. The highest BCUT2D eigenvalue weighted by atomic mass is 16.5. The highest BCUT2D eigenvalue weighted by Crippen LogP contribution is 2.42. The van der Waals surface area contributed by atoms with Crippen LogP contribution in [0.15, 0.2) is 0 Å². The lowest BCUT2D eigenvalue weighted by molar-refractivity contribution is -0.118. The molecule has 2 N–H and O–H groups in total. The second-order valence-corrected chi connectivity index (χ2v) is 5.91. The van der Waals surface area contributed by atoms with E-state index in [0.717, 1.165) is 32.4 Å². The maximum atomic E-state index is 9.22. The van der Waals surface area contributed by atoms with Gasteiger partial charge < -0.3 is 15.2 Å². The molecule has 1 aliphatic carbocycles. The molecule has 0 saturated heterocycles. The Labute approximate surface area is 106 Å². The zero-order chi connectivity index (χ0) is 12.9. The molecule has 102 valence electrons. The molecule has 1 saturated carbocycles. The third-order valence-electron chi connectivity index (χ3n) is 3.95. The standard InChI is InChI=1S/C14H29NO2/c1-5-6-9-17-13-10-12(14(13,3)4)15-8-7-11(2)16/h11-13,15-16H,5-10H2,1-4H3. The molecule has 3 unspecified atom stereocenters. The summed E-state index contributed by atoms with van der Waals surface area (Å²) in [6.45, 7) is 10.4. The van der Waals surface area contributed by atoms with Crippen LogP contribution in [-0.4, -0.2) is 36.5 Å². The van der Waals surface area contributed by atoms with Crippen LogP contribution in [-0.2, 0) is 4.74 Å². The average Bonchev–Trinajstić information content (AvgIpc) is 2.25. The van der Waals surface area contributed by atoms with E-state index in [9.17, 15) is 5.11 Å². The second kappa shape index (κ2) is 6.72. The summed E-state index contributed by atoms with van der Waals surface area (Å²) in [5.41, 5.74) is 0.229. The summed E-state index contributed by atoms with van der Waals surface area (Å²) in [5.74, 6) is 0. The van der Waals surface area contributed by atoms with Crippen molar-refractivity contribution in [2.24, 2.45) is 5.41 Å². The minimum absolute atomic E-state index is 0.206. The first-order valence-electron chi connectivity index (χ1n) is 7.01. The van der Waals surface area contributed by atoms with E-state index < -0.39 is 0 Å². The van der Waals surface area contributed by atoms with Gasteiger partial charge in [-0.2, -0.15) is 0 Å². The summed E-state index contributed by atoms with van der Waals surface area (Å²) in [5, 5.41) is 12.7. The van der Waals surface area contributed by atoms with Crippen molar-refractivity contribution in [2.75, 3.05) is 13.2 Å². The topological polar surface area (TPSA) is 41.5 Å². The Balaban J connectivity index is 2.19. The van der Waals surface area contributed by atoms with Crippen molar-refractivity contribution in [3.8, 4) is 0 Å². The Hall–Kier alpha value is -0.120. The Bertz CT molecular complexity index is 216. The van der Waals surface area contributed by atoms with Crippen LogP contribution in [0.3, 0.4) is 0 Å². The van der Waals surface area contributed by atoms with E-state index in [1.165, 1.54) is 6.42 Å². The fourth-order valence-corrected chi connectivity index (χ4v) is 2.35. The van der Waals surface area contributed by atoms with Gasteiger partial charge in [-0.1, -0.05) is 27.2 Å². The molecule has 3 heteroatoms. The molecule has 3 nitrogen and oxygen atoms in total. The lowest BCUT2D eigenvalue weighted by Crippen LogP contribution is -2.61. The summed E-state index contributed by atoms with van der Waals surface area (Å²) < 4.78 is 5.90. The van der Waals surface area contributed by atoms with E-state index >= 15 is 0 Å². The third kappa shape index (κ3) is 4.23. The van der Waals surface area contributed by atoms with Gasteiger partial charge in [0.1, 0.15) is 0 Å². The second-order valence-electron chi connectivity index (χ2n) is 5.91. The van der Waals surface area contributed by atoms with Gasteiger partial charge in [-0.3, -0.25) is 0 Å². The Kier molecular flexibility index (Phi) is 5.90. The van der Waals surface area contributed by atoms with Crippen molar-refractivity contribution in [3.63, 3.8) is 0 Å². The van der Waals surface area contributed by atoms with E-state index in [0.29, 0.717) is 12.1 Å². The highest BCUT2D eigenvalue weighted by Gasteiger charge is 2.48. The SMILES string of the molecule is CCCCOC1CC(NCCC(C)O)C1(C)C. The molecule has 0 heterocycles. The van der Waals surface area contributed by atoms with Crippen molar-refractivity contribution in [1.29, 1.82) is 0 Å². The van der Waals surface area contributed by atoms with E-state index in [1.54, 1.807) is 0 Å². The number of hydrogen-bond donors (Lipinski definition) is 2. The maximum Gasteiger partial charge on any atom is 0.0655 e. The van der Waals surface area contributed by atoms with E-state index in [4.69, 9.17) is 4.74 Å². The minimum atomic E-state index is -0.206. The Morgan fingerprint density at radius 3 is 2.71 bits per heavy atom. The van der Waals surface area contributed by atoms with Crippen LogP contribution in [0.1, 0.15) is 53.4 Å². The molecule has 0 bridgehead atoms. The molecule has 0 aliphatic heterocycles. The summed E-state index contributed by atoms with van der Waals surface area (Å²) in [6.07, 6.45) is 4.49. The van der Waals surface area contributed by atoms with Crippen molar-refractivity contribution >= 4 is 0 Å². The zero-order valence-corrected chi connectivity index (χ0v) is 11.8. The van der Waals surface area contributed by atoms with Crippen molar-refractivity contribution < 1.29 is 9.84 Å². The molecule has 1 fully saturated rings. The fourth-order valence-electron chi connectivity index (χ4n) is 2.35. The number of aliphatic hydroxyl groups excluding tert-OH is 1. The first-order chi connectivity index (χ1) is 7.98. The monoisotopic (exact) mass is 243 g/mol. The van der Waals surface area contributed by atoms with Gasteiger partial charge in [-0.25, -0.2) is 0 Å². The Morgan fingerprint density at radius 2 is 2.18 bits per heavy atom. The van der Waals surface area contributed by atoms with Crippen LogP contribution in [0.4, 0.5) is 0 Å². The normalized spacial score (nSPS) is 28.8. The van der Waals surface area contributed by atoms with Crippen LogP contribution in [0, 0.1) is 5.41 Å². The smallest absolute Gasteiger partial charge is 0.0655 e. The van der Waals surface area contributed by atoms with Gasteiger partial charge in [-0.15, -0.1) is 0 Å². The first-order valence-corrected chi connectivity index (χ1v) is 7.01. The van der Waals surface area contributed by atoms with Crippen LogP contribution in [0.25, 0.3) is 0 Å². The molecule has 0 amide bonds. The molecule has 0 spiro atoms. The summed E-state index contributed by atoms with van der Waals surface area (Å²) in [4.78, 5) is 0. The number of unbranched alkanes of at least 4 members (excludes halogenated alkanes) is 1. The predicted octanol–water partition coefficient (Wildman–Crippen LogP) is 2.33. The number of aliphatic hydroxyl groups is 1. The number of hydrogen-bond acceptors (Lipinski definition) is 3. The van der Waals surface area contributed by atoms with E-state index in [2.05, 4.69) is 26.1 Å². The minimum Gasteiger partial charge on any atom is -0.393 e. The van der Waals surface area contributed by atoms with Gasteiger partial charge >= 0.3 is 0 Å². The molecule has 1 aliphatic rings. The van der Waals surface area contributed by atoms with Gasteiger partial charge in [0, 0.05) is 18.1 Å². The molecule has 0 aromatic heterocycles. The van der Waals surface area contributed by atoms with Crippen LogP contribution < -0.4 is 5.32 Å². The molecule has 0 aromatic rings. The molecular weight excluding hydrogens is 214 g/mol. The number of ether oxygens (including phenoxy) is 1. The molecule has 17 heavy (non-hydrogen) atoms. The molecular formula is C14H29NO2. The number of nitrogens with one attached hydrogen (secondary N) is 1. The molecule has 3 atom stereocenters. The van der Waals surface area contributed by atoms with Crippen molar-refractivity contribution in [1.82, 2.24) is 5.32 Å². The van der Waals surface area contributed by atoms with E-state index in [1.807, 2.05) is 6.92 Å². The van der Waals surface area contributed by atoms with Gasteiger partial charge in [0.15, 0.2) is 0 Å². The number of rotatable bonds is 8. The fraction of sp³-hybridized carbons (Fsp3) is 1.00. The van der Waals surface area contributed by atoms with Gasteiger partial charge in [-0.05, 0) is 32.7 Å². The molecule has 0 radical (unpaired) electrons. The summed E-state index contributed by atoms with van der Waals surface area (Å²) in [7, 11) is 0. The van der Waals surface area contributed by atoms with Gasteiger partial charge in [0.05, 0.1) is 12.2 Å². The van der Waals surface area contributed by atoms with Gasteiger partial charge in [0.2, 0.25) is 0 Å².